The van der Waals surface area contributed by atoms with E-state index in [-0.39, 0.29) is 11.4 Å². The van der Waals surface area contributed by atoms with E-state index in [2.05, 4.69) is 42.9 Å². The monoisotopic (exact) mass is 310 g/mol. The molecule has 3 N–H and O–H groups in total. The van der Waals surface area contributed by atoms with Crippen LogP contribution in [0.4, 0.5) is 0 Å². The quantitative estimate of drug-likeness (QED) is 0.505. The third-order valence-corrected chi connectivity index (χ3v) is 5.18. The number of nitrogens with zero attached hydrogens (tertiary/aromatic N) is 2. The molecule has 1 saturated heterocycles. The first kappa shape index (κ1) is 16.4. The average Bonchev–Trinajstić information content (AvgIpc) is 2.79. The molecule has 0 unspecified atom stereocenters. The number of hydrogen-bond donors (Lipinski definition) is 2. The Morgan fingerprint density at radius 3 is 2.48 bits per heavy atom. The molecule has 118 valence electrons. The van der Waals surface area contributed by atoms with Gasteiger partial charge in [0.2, 0.25) is 0 Å². The molecule has 0 aromatic carbocycles. The highest BCUT2D eigenvalue weighted by molar-refractivity contribution is 7.14. The van der Waals surface area contributed by atoms with Crippen molar-refractivity contribution in [1.29, 1.82) is 0 Å². The van der Waals surface area contributed by atoms with Crippen LogP contribution in [-0.4, -0.2) is 47.4 Å². The van der Waals surface area contributed by atoms with E-state index in [9.17, 15) is 4.79 Å². The highest BCUT2D eigenvalue weighted by Gasteiger charge is 2.26. The Bertz CT molecular complexity index is 498. The second-order valence-electron chi connectivity index (χ2n) is 6.60. The number of carbonyl (C=O) groups excluding carboxylic acids is 1. The van der Waals surface area contributed by atoms with Crippen LogP contribution in [0.25, 0.3) is 0 Å². The van der Waals surface area contributed by atoms with E-state index >= 15 is 0 Å². The third kappa shape index (κ3) is 4.03. The minimum Gasteiger partial charge on any atom is -0.297 e. The number of rotatable bonds is 3. The number of nitrogens with two attached hydrogens (primary N) is 1. The number of piperazine rings is 1. The number of nitrogen functional groups attached to an aromatic ring is 1. The Morgan fingerprint density at radius 1 is 1.33 bits per heavy atom. The summed E-state index contributed by atoms with van der Waals surface area (Å²) in [6.07, 6.45) is 0. The van der Waals surface area contributed by atoms with Crippen LogP contribution in [0.2, 0.25) is 0 Å². The summed E-state index contributed by atoms with van der Waals surface area (Å²) in [4.78, 5) is 18.5. The lowest BCUT2D eigenvalue weighted by atomic mass is 10.0. The number of aryl methyl sites for hydroxylation is 1. The molecule has 1 amide bonds. The van der Waals surface area contributed by atoms with Crippen LogP contribution in [0.5, 0.6) is 0 Å². The summed E-state index contributed by atoms with van der Waals surface area (Å²) >= 11 is 1.51. The number of hydrogen-bond acceptors (Lipinski definition) is 5. The number of thiophene rings is 1. The van der Waals surface area contributed by atoms with Crippen molar-refractivity contribution in [1.82, 2.24) is 15.2 Å². The van der Waals surface area contributed by atoms with E-state index in [0.29, 0.717) is 4.88 Å². The lowest BCUT2D eigenvalue weighted by Crippen LogP contribution is -2.53. The van der Waals surface area contributed by atoms with Crippen molar-refractivity contribution >= 4 is 17.2 Å². The molecule has 5 nitrogen and oxygen atoms in total. The zero-order valence-electron chi connectivity index (χ0n) is 13.4. The van der Waals surface area contributed by atoms with E-state index in [4.69, 9.17) is 5.84 Å². The molecule has 0 atom stereocenters. The Kier molecular flexibility index (Phi) is 5.03. The summed E-state index contributed by atoms with van der Waals surface area (Å²) in [5, 5.41) is 0. The molecule has 2 rings (SSSR count). The normalized spacial score (nSPS) is 18.0. The van der Waals surface area contributed by atoms with E-state index in [0.717, 1.165) is 32.7 Å². The standard InChI is InChI=1S/C15H26N4OS/c1-11-12(9-13(21-11)14(20)17-16)10-18-5-7-19(8-6-18)15(2,3)4/h9H,5-8,10,16H2,1-4H3,(H,17,20). The Hall–Kier alpha value is -0.950. The van der Waals surface area contributed by atoms with Gasteiger partial charge in [-0.05, 0) is 39.3 Å². The van der Waals surface area contributed by atoms with Crippen molar-refractivity contribution in [2.75, 3.05) is 26.2 Å². The van der Waals surface area contributed by atoms with Gasteiger partial charge in [0.15, 0.2) is 0 Å². The maximum atomic E-state index is 11.6. The molecule has 21 heavy (non-hydrogen) atoms. The summed E-state index contributed by atoms with van der Waals surface area (Å²) in [5.41, 5.74) is 3.68. The van der Waals surface area contributed by atoms with Crippen LogP contribution in [0.1, 0.15) is 40.9 Å². The van der Waals surface area contributed by atoms with Gasteiger partial charge in [0.1, 0.15) is 0 Å². The molecule has 0 spiro atoms. The van der Waals surface area contributed by atoms with E-state index < -0.39 is 0 Å². The summed E-state index contributed by atoms with van der Waals surface area (Å²) in [7, 11) is 0. The van der Waals surface area contributed by atoms with Crippen LogP contribution in [-0.2, 0) is 6.54 Å². The molecule has 6 heteroatoms. The third-order valence-electron chi connectivity index (χ3n) is 4.09. The predicted octanol–water partition coefficient (Wildman–Crippen LogP) is 1.58. The van der Waals surface area contributed by atoms with Crippen LogP contribution in [0.3, 0.4) is 0 Å². The van der Waals surface area contributed by atoms with Crippen molar-refractivity contribution in [2.24, 2.45) is 5.84 Å². The van der Waals surface area contributed by atoms with Gasteiger partial charge in [-0.1, -0.05) is 0 Å². The molecule has 0 aliphatic carbocycles. The fourth-order valence-corrected chi connectivity index (χ4v) is 3.61. The van der Waals surface area contributed by atoms with Crippen molar-refractivity contribution in [3.05, 3.63) is 21.4 Å². The summed E-state index contributed by atoms with van der Waals surface area (Å²) in [5.74, 6) is 4.99. The van der Waals surface area contributed by atoms with Crippen molar-refractivity contribution in [3.8, 4) is 0 Å². The fraction of sp³-hybridized carbons (Fsp3) is 0.667. The molecular weight excluding hydrogens is 284 g/mol. The zero-order valence-corrected chi connectivity index (χ0v) is 14.2. The molecule has 0 radical (unpaired) electrons. The van der Waals surface area contributed by atoms with Crippen LogP contribution >= 0.6 is 11.3 Å². The first-order valence-corrected chi connectivity index (χ1v) is 8.20. The van der Waals surface area contributed by atoms with Crippen molar-refractivity contribution in [3.63, 3.8) is 0 Å². The number of nitrogens with one attached hydrogen (secondary N) is 1. The number of hydrazine groups is 1. The van der Waals surface area contributed by atoms with Gasteiger partial charge in [-0.3, -0.25) is 20.0 Å². The fourth-order valence-electron chi connectivity index (χ4n) is 2.68. The second-order valence-corrected chi connectivity index (χ2v) is 7.86. The molecule has 1 aromatic rings. The van der Waals surface area contributed by atoms with Crippen LogP contribution in [0.15, 0.2) is 6.07 Å². The summed E-state index contributed by atoms with van der Waals surface area (Å²) < 4.78 is 0. The molecular formula is C15H26N4OS. The molecule has 1 aliphatic heterocycles. The lowest BCUT2D eigenvalue weighted by Gasteiger charge is -2.42. The molecule has 2 heterocycles. The molecule has 1 fully saturated rings. The first-order valence-electron chi connectivity index (χ1n) is 7.39. The first-order chi connectivity index (χ1) is 9.81. The largest absolute Gasteiger partial charge is 0.297 e. The van der Waals surface area contributed by atoms with Crippen molar-refractivity contribution < 1.29 is 4.79 Å². The van der Waals surface area contributed by atoms with Gasteiger partial charge in [-0.15, -0.1) is 11.3 Å². The van der Waals surface area contributed by atoms with E-state index in [1.165, 1.54) is 21.8 Å². The number of carbonyl (C=O) groups is 1. The second kappa shape index (κ2) is 6.44. The molecule has 1 aliphatic rings. The van der Waals surface area contributed by atoms with Gasteiger partial charge in [-0.25, -0.2) is 5.84 Å². The van der Waals surface area contributed by atoms with Crippen molar-refractivity contribution in [2.45, 2.75) is 39.8 Å². The number of amides is 1. The lowest BCUT2D eigenvalue weighted by molar-refractivity contribution is 0.0590. The minimum atomic E-state index is -0.202. The average molecular weight is 310 g/mol. The SMILES string of the molecule is Cc1sc(C(=O)NN)cc1CN1CCN(C(C)(C)C)CC1. The van der Waals surface area contributed by atoms with Gasteiger partial charge in [0, 0.05) is 43.1 Å². The Morgan fingerprint density at radius 2 is 1.95 bits per heavy atom. The van der Waals surface area contributed by atoms with Gasteiger partial charge in [0.05, 0.1) is 4.88 Å². The van der Waals surface area contributed by atoms with Gasteiger partial charge in [0.25, 0.3) is 5.91 Å². The molecule has 1 aromatic heterocycles. The zero-order chi connectivity index (χ0) is 15.6. The maximum absolute atomic E-state index is 11.6. The topological polar surface area (TPSA) is 61.6 Å². The molecule has 0 saturated carbocycles. The minimum absolute atomic E-state index is 0.202. The smallest absolute Gasteiger partial charge is 0.275 e. The maximum Gasteiger partial charge on any atom is 0.275 e. The van der Waals surface area contributed by atoms with Gasteiger partial charge in [-0.2, -0.15) is 0 Å². The van der Waals surface area contributed by atoms with Gasteiger partial charge < -0.3 is 0 Å². The highest BCUT2D eigenvalue weighted by Crippen LogP contribution is 2.24. The van der Waals surface area contributed by atoms with Crippen LogP contribution in [0, 0.1) is 6.92 Å². The predicted molar refractivity (Wildman–Crippen MR) is 87.3 cm³/mol. The van der Waals surface area contributed by atoms with Crippen LogP contribution < -0.4 is 11.3 Å². The van der Waals surface area contributed by atoms with Gasteiger partial charge >= 0.3 is 0 Å². The Labute approximate surface area is 131 Å². The van der Waals surface area contributed by atoms with E-state index in [1.807, 2.05) is 6.07 Å². The Balaban J connectivity index is 1.95. The summed E-state index contributed by atoms with van der Waals surface area (Å²) in [6, 6.07) is 1.97. The summed E-state index contributed by atoms with van der Waals surface area (Å²) in [6.45, 7) is 14.1. The molecule has 0 bridgehead atoms. The van der Waals surface area contributed by atoms with E-state index in [1.54, 1.807) is 0 Å². The highest BCUT2D eigenvalue weighted by atomic mass is 32.1.